The van der Waals surface area contributed by atoms with Crippen molar-refractivity contribution in [1.29, 1.82) is 0 Å². The molecule has 0 bridgehead atoms. The van der Waals surface area contributed by atoms with E-state index in [0.29, 0.717) is 15.2 Å². The molecule has 0 saturated carbocycles. The van der Waals surface area contributed by atoms with Gasteiger partial charge in [0.15, 0.2) is 0 Å². The van der Waals surface area contributed by atoms with Crippen LogP contribution in [0.4, 0.5) is 0 Å². The minimum absolute atomic E-state index is 0. The molecular formula is C8H22AlNa. The zero-order chi connectivity index (χ0) is 7.28. The van der Waals surface area contributed by atoms with Gasteiger partial charge in [-0.1, -0.05) is 50.1 Å². The van der Waals surface area contributed by atoms with Crippen molar-refractivity contribution < 1.29 is 1.43 Å². The van der Waals surface area contributed by atoms with Crippen molar-refractivity contribution in [2.45, 2.75) is 38.3 Å². The van der Waals surface area contributed by atoms with Crippen LogP contribution < -0.4 is 0 Å². The van der Waals surface area contributed by atoms with Crippen LogP contribution in [0.1, 0.15) is 29.1 Å². The normalized spacial score (nSPS) is 9.80. The summed E-state index contributed by atoms with van der Waals surface area (Å²) < 4.78 is 0. The average molecular weight is 168 g/mol. The molecule has 0 heterocycles. The van der Waals surface area contributed by atoms with Crippen molar-refractivity contribution >= 4 is 44.8 Å². The fourth-order valence-corrected chi connectivity index (χ4v) is 2.80. The summed E-state index contributed by atoms with van der Waals surface area (Å²) >= 11 is 0.316. The standard InChI is InChI=1S/2C4H9.Al.Na.H2.2H/c2*1-4(2)3;;;;;/h2*4H,1H2,2-3H3;;;1H;;. The van der Waals surface area contributed by atoms with Crippen LogP contribution in [0.5, 0.6) is 0 Å². The summed E-state index contributed by atoms with van der Waals surface area (Å²) in [6.45, 7) is 9.31. The van der Waals surface area contributed by atoms with E-state index in [1.807, 2.05) is 0 Å². The molecular weight excluding hydrogens is 146 g/mol. The van der Waals surface area contributed by atoms with Crippen molar-refractivity contribution in [3.05, 3.63) is 0 Å². The van der Waals surface area contributed by atoms with Crippen LogP contribution in [0, 0.1) is 11.8 Å². The first-order valence-corrected chi connectivity index (χ1v) is 6.13. The van der Waals surface area contributed by atoms with Gasteiger partial charge in [-0.15, -0.1) is 0 Å². The van der Waals surface area contributed by atoms with Crippen LogP contribution in [0.15, 0.2) is 0 Å². The van der Waals surface area contributed by atoms with Crippen molar-refractivity contribution in [2.75, 3.05) is 0 Å². The Kier molecular flexibility index (Phi) is 12.1. The van der Waals surface area contributed by atoms with Gasteiger partial charge in [0.2, 0.25) is 15.2 Å². The van der Waals surface area contributed by atoms with E-state index in [-0.39, 0.29) is 31.0 Å². The molecule has 0 amide bonds. The van der Waals surface area contributed by atoms with E-state index in [1.165, 1.54) is 10.6 Å². The molecule has 0 saturated heterocycles. The molecule has 0 aromatic carbocycles. The molecule has 0 unspecified atom stereocenters. The van der Waals surface area contributed by atoms with Crippen LogP contribution in [-0.4, -0.2) is 44.8 Å². The van der Waals surface area contributed by atoms with Gasteiger partial charge < -0.3 is 0 Å². The number of hydrogen-bond acceptors (Lipinski definition) is 0. The van der Waals surface area contributed by atoms with Gasteiger partial charge in [0, 0.05) is 1.43 Å². The summed E-state index contributed by atoms with van der Waals surface area (Å²) in [5.74, 6) is 1.91. The van der Waals surface area contributed by atoms with Gasteiger partial charge in [0.05, 0.1) is 0 Å². The van der Waals surface area contributed by atoms with Gasteiger partial charge in [-0.3, -0.25) is 0 Å². The number of hydrogen-bond donors (Lipinski definition) is 0. The van der Waals surface area contributed by atoms with Gasteiger partial charge in [-0.05, 0) is 0 Å². The fourth-order valence-electron chi connectivity index (χ4n) is 0.934. The van der Waals surface area contributed by atoms with Crippen molar-refractivity contribution in [2.24, 2.45) is 11.8 Å². The van der Waals surface area contributed by atoms with Gasteiger partial charge in [0.25, 0.3) is 0 Å². The Balaban J connectivity index is -0.000000320. The maximum atomic E-state index is 2.33. The van der Waals surface area contributed by atoms with E-state index in [0.717, 1.165) is 11.8 Å². The summed E-state index contributed by atoms with van der Waals surface area (Å²) in [5.41, 5.74) is 0. The van der Waals surface area contributed by atoms with Gasteiger partial charge in [-0.2, -0.15) is 0 Å². The topological polar surface area (TPSA) is 0 Å². The Morgan fingerprint density at radius 3 is 1.50 bits per heavy atom. The van der Waals surface area contributed by atoms with Gasteiger partial charge in [-0.25, -0.2) is 0 Å². The molecule has 0 rings (SSSR count). The molecule has 2 heteroatoms. The summed E-state index contributed by atoms with van der Waals surface area (Å²) in [6.07, 6.45) is 0. The average Bonchev–Trinajstić information content (AvgIpc) is 1.63. The van der Waals surface area contributed by atoms with E-state index in [1.54, 1.807) is 0 Å². The van der Waals surface area contributed by atoms with E-state index >= 15 is 0 Å². The Morgan fingerprint density at radius 1 is 1.00 bits per heavy atom. The molecule has 0 aromatic rings. The molecule has 0 nitrogen and oxygen atoms in total. The predicted molar refractivity (Wildman–Crippen MR) is 55.7 cm³/mol. The minimum atomic E-state index is 0. The first-order valence-electron chi connectivity index (χ1n) is 4.13. The van der Waals surface area contributed by atoms with Gasteiger partial charge in [0.1, 0.15) is 0 Å². The van der Waals surface area contributed by atoms with Crippen LogP contribution in [-0.2, 0) is 0 Å². The third-order valence-electron chi connectivity index (χ3n) is 1.56. The van der Waals surface area contributed by atoms with Crippen LogP contribution in [0.25, 0.3) is 0 Å². The number of rotatable bonds is 4. The first kappa shape index (κ1) is 14.1. The molecule has 0 aliphatic carbocycles. The first-order chi connectivity index (χ1) is 4.13. The Morgan fingerprint density at radius 2 is 1.30 bits per heavy atom. The molecule has 0 aromatic heterocycles. The van der Waals surface area contributed by atoms with Crippen LogP contribution >= 0.6 is 0 Å². The molecule has 0 aliphatic heterocycles. The molecule has 0 radical (unpaired) electrons. The van der Waals surface area contributed by atoms with Crippen LogP contribution in [0.3, 0.4) is 0 Å². The van der Waals surface area contributed by atoms with E-state index in [2.05, 4.69) is 27.7 Å². The second kappa shape index (κ2) is 8.63. The quantitative estimate of drug-likeness (QED) is 0.564. The fraction of sp³-hybridized carbons (Fsp3) is 1.00. The predicted octanol–water partition coefficient (Wildman–Crippen LogP) is 2.17. The Labute approximate surface area is 95.6 Å². The molecule has 10 heavy (non-hydrogen) atoms. The van der Waals surface area contributed by atoms with Crippen molar-refractivity contribution in [3.8, 4) is 0 Å². The van der Waals surface area contributed by atoms with E-state index < -0.39 is 0 Å². The zero-order valence-corrected chi connectivity index (χ0v) is 8.69. The van der Waals surface area contributed by atoms with E-state index in [4.69, 9.17) is 0 Å². The summed E-state index contributed by atoms with van der Waals surface area (Å²) in [5, 5.41) is 3.08. The molecule has 0 aliphatic rings. The molecule has 0 N–H and O–H groups in total. The third-order valence-corrected chi connectivity index (χ3v) is 4.69. The molecule has 0 spiro atoms. The van der Waals surface area contributed by atoms with Crippen molar-refractivity contribution in [3.63, 3.8) is 0 Å². The monoisotopic (exact) mass is 168 g/mol. The summed E-state index contributed by atoms with van der Waals surface area (Å²) in [6, 6.07) is 0. The molecule has 58 valence electrons. The van der Waals surface area contributed by atoms with E-state index in [9.17, 15) is 0 Å². The third kappa shape index (κ3) is 12.2. The van der Waals surface area contributed by atoms with Crippen LogP contribution in [0.2, 0.25) is 10.6 Å². The Hall–Kier alpha value is 1.53. The second-order valence-corrected chi connectivity index (χ2v) is 5.58. The van der Waals surface area contributed by atoms with Crippen molar-refractivity contribution in [1.82, 2.24) is 0 Å². The Bertz CT molecular complexity index is 59.1. The molecule has 0 fully saturated rings. The molecule has 0 atom stereocenters. The van der Waals surface area contributed by atoms with Gasteiger partial charge >= 0.3 is 29.6 Å². The summed E-state index contributed by atoms with van der Waals surface area (Å²) in [4.78, 5) is 0. The zero-order valence-electron chi connectivity index (χ0n) is 7.28. The maximum absolute atomic E-state index is 2.33. The second-order valence-electron chi connectivity index (χ2n) is 3.72. The summed E-state index contributed by atoms with van der Waals surface area (Å²) in [7, 11) is 0. The SMILES string of the molecule is CC(C)[CH2][AlH][CH2]C(C)C.[HH].[NaH].